The summed E-state index contributed by atoms with van der Waals surface area (Å²) in [6.45, 7) is 9.04. The van der Waals surface area contributed by atoms with Crippen molar-refractivity contribution in [3.8, 4) is 0 Å². The van der Waals surface area contributed by atoms with Crippen LogP contribution in [0.4, 0.5) is 4.79 Å². The summed E-state index contributed by atoms with van der Waals surface area (Å²) < 4.78 is 26.9. The molecule has 0 aromatic carbocycles. The summed E-state index contributed by atoms with van der Waals surface area (Å²) in [6.07, 6.45) is 2.36. The van der Waals surface area contributed by atoms with Crippen molar-refractivity contribution < 1.29 is 27.3 Å². The molecule has 30 heavy (non-hydrogen) atoms. The van der Waals surface area contributed by atoms with Crippen molar-refractivity contribution in [3.63, 3.8) is 0 Å². The first kappa shape index (κ1) is 24.5. The van der Waals surface area contributed by atoms with E-state index in [4.69, 9.17) is 4.18 Å². The smallest absolute Gasteiger partial charge is 0.326 e. The zero-order valence-corrected chi connectivity index (χ0v) is 19.8. The molecule has 2 amide bonds. The number of hydrogen-bond donors (Lipinski definition) is 1. The van der Waals surface area contributed by atoms with Crippen LogP contribution in [-0.2, 0) is 32.2 Å². The quantitative estimate of drug-likeness (QED) is 0.532. The molecule has 1 aliphatic heterocycles. The highest BCUT2D eigenvalue weighted by Crippen LogP contribution is 2.32. The number of nitrogens with zero attached hydrogens (tertiary/aromatic N) is 3. The van der Waals surface area contributed by atoms with Crippen molar-refractivity contribution >= 4 is 33.5 Å². The lowest BCUT2D eigenvalue weighted by atomic mass is 9.79. The van der Waals surface area contributed by atoms with Crippen molar-refractivity contribution in [2.75, 3.05) is 19.3 Å². The van der Waals surface area contributed by atoms with Crippen LogP contribution < -0.4 is 0 Å². The van der Waals surface area contributed by atoms with Gasteiger partial charge in [-0.25, -0.2) is 14.6 Å². The predicted octanol–water partition coefficient (Wildman–Crippen LogP) is 2.77. The molecule has 0 bridgehead atoms. The molecule has 1 aliphatic rings. The molecule has 0 saturated carbocycles. The molecule has 2 atom stereocenters. The zero-order valence-electron chi connectivity index (χ0n) is 18.1. The van der Waals surface area contributed by atoms with Gasteiger partial charge in [0.25, 0.3) is 10.1 Å². The average Bonchev–Trinajstić information content (AvgIpc) is 3.19. The fourth-order valence-corrected chi connectivity index (χ4v) is 4.80. The maximum atomic E-state index is 13.0. The molecule has 1 aromatic rings. The second-order valence-corrected chi connectivity index (χ2v) is 11.4. The lowest BCUT2D eigenvalue weighted by molar-refractivity contribution is -0.144. The standard InChI is InChI=1S/C19H31N3O6S2/c1-6-13(9-19(2,3)4)16(17(23)24)22-8-7-21(18(22)25)10-14-12-29-15(20-14)11-28-30(5,26)27/h12-13,16H,6-11H2,1-5H3,(H,23,24)/t13-,16-/m0/s1. The molecular formula is C19H31N3O6S2. The number of urea groups is 1. The highest BCUT2D eigenvalue weighted by Gasteiger charge is 2.42. The molecular weight excluding hydrogens is 430 g/mol. The van der Waals surface area contributed by atoms with E-state index in [1.54, 1.807) is 10.3 Å². The number of carboxylic acid groups (broad SMARTS) is 1. The van der Waals surface area contributed by atoms with E-state index >= 15 is 0 Å². The second kappa shape index (κ2) is 9.61. The van der Waals surface area contributed by atoms with E-state index in [9.17, 15) is 23.1 Å². The van der Waals surface area contributed by atoms with Gasteiger partial charge in [-0.05, 0) is 17.8 Å². The fourth-order valence-electron chi connectivity index (χ4n) is 3.70. The molecule has 170 valence electrons. The number of carbonyl (C=O) groups excluding carboxylic acids is 1. The first-order valence-corrected chi connectivity index (χ1v) is 12.6. The number of aliphatic carboxylic acids is 1. The van der Waals surface area contributed by atoms with E-state index in [-0.39, 0.29) is 30.5 Å². The number of carboxylic acids is 1. The first-order valence-electron chi connectivity index (χ1n) is 9.86. The van der Waals surface area contributed by atoms with Crippen LogP contribution in [0.1, 0.15) is 51.2 Å². The van der Waals surface area contributed by atoms with Gasteiger partial charge in [-0.3, -0.25) is 4.18 Å². The van der Waals surface area contributed by atoms with Gasteiger partial charge in [0.15, 0.2) is 0 Å². The van der Waals surface area contributed by atoms with Gasteiger partial charge in [0.1, 0.15) is 17.7 Å². The molecule has 2 heterocycles. The highest BCUT2D eigenvalue weighted by molar-refractivity contribution is 7.85. The number of hydrogen-bond acceptors (Lipinski definition) is 7. The Kier molecular flexibility index (Phi) is 7.86. The molecule has 11 heteroatoms. The Morgan fingerprint density at radius 2 is 2.03 bits per heavy atom. The van der Waals surface area contributed by atoms with Gasteiger partial charge in [0.2, 0.25) is 0 Å². The van der Waals surface area contributed by atoms with Crippen molar-refractivity contribution in [3.05, 3.63) is 16.1 Å². The minimum atomic E-state index is -3.55. The molecule has 0 aliphatic carbocycles. The summed E-state index contributed by atoms with van der Waals surface area (Å²) in [6, 6.07) is -1.17. The Hall–Kier alpha value is -1.72. The molecule has 1 fully saturated rings. The summed E-state index contributed by atoms with van der Waals surface area (Å²) in [5, 5.41) is 12.1. The lowest BCUT2D eigenvalue weighted by Gasteiger charge is -2.34. The van der Waals surface area contributed by atoms with Gasteiger partial charge < -0.3 is 14.9 Å². The Bertz CT molecular complexity index is 862. The van der Waals surface area contributed by atoms with Crippen LogP contribution in [0.3, 0.4) is 0 Å². The molecule has 1 aromatic heterocycles. The van der Waals surface area contributed by atoms with E-state index in [0.717, 1.165) is 6.26 Å². The van der Waals surface area contributed by atoms with E-state index in [1.807, 2.05) is 6.92 Å². The van der Waals surface area contributed by atoms with Gasteiger partial charge >= 0.3 is 12.0 Å². The lowest BCUT2D eigenvalue weighted by Crippen LogP contribution is -2.48. The average molecular weight is 462 g/mol. The Morgan fingerprint density at radius 3 is 2.57 bits per heavy atom. The summed E-state index contributed by atoms with van der Waals surface area (Å²) in [5.41, 5.74) is 0.581. The van der Waals surface area contributed by atoms with Crippen LogP contribution in [-0.4, -0.2) is 65.7 Å². The Morgan fingerprint density at radius 1 is 1.37 bits per heavy atom. The normalized spacial score (nSPS) is 17.4. The van der Waals surface area contributed by atoms with Gasteiger partial charge in [-0.2, -0.15) is 8.42 Å². The van der Waals surface area contributed by atoms with Crippen molar-refractivity contribution in [2.24, 2.45) is 11.3 Å². The number of carbonyl (C=O) groups is 2. The summed E-state index contributed by atoms with van der Waals surface area (Å²) in [7, 11) is -3.55. The third-order valence-corrected chi connectivity index (χ3v) is 6.33. The van der Waals surface area contributed by atoms with Gasteiger partial charge in [0, 0.05) is 18.5 Å². The monoisotopic (exact) mass is 461 g/mol. The predicted molar refractivity (Wildman–Crippen MR) is 114 cm³/mol. The number of rotatable bonds is 10. The first-order chi connectivity index (χ1) is 13.8. The maximum Gasteiger partial charge on any atom is 0.326 e. The van der Waals surface area contributed by atoms with Crippen molar-refractivity contribution in [1.29, 1.82) is 0 Å². The summed E-state index contributed by atoms with van der Waals surface area (Å²) in [4.78, 5) is 32.4. The van der Waals surface area contributed by atoms with E-state index in [0.29, 0.717) is 36.6 Å². The fraction of sp³-hybridized carbons (Fsp3) is 0.737. The van der Waals surface area contributed by atoms with Gasteiger partial charge in [0.05, 0.1) is 18.5 Å². The number of aromatic nitrogens is 1. The van der Waals surface area contributed by atoms with Crippen LogP contribution in [0.25, 0.3) is 0 Å². The van der Waals surface area contributed by atoms with Crippen LogP contribution in [0.15, 0.2) is 5.38 Å². The van der Waals surface area contributed by atoms with Crippen LogP contribution in [0.2, 0.25) is 0 Å². The second-order valence-electron chi connectivity index (χ2n) is 8.81. The summed E-state index contributed by atoms with van der Waals surface area (Å²) in [5.74, 6) is -1.11. The van der Waals surface area contributed by atoms with Crippen LogP contribution in [0, 0.1) is 11.3 Å². The molecule has 0 radical (unpaired) electrons. The Labute approximate surface area is 182 Å². The van der Waals surface area contributed by atoms with E-state index in [2.05, 4.69) is 25.8 Å². The summed E-state index contributed by atoms with van der Waals surface area (Å²) >= 11 is 1.26. The molecule has 0 spiro atoms. The van der Waals surface area contributed by atoms with Crippen molar-refractivity contribution in [1.82, 2.24) is 14.8 Å². The third kappa shape index (κ3) is 6.92. The zero-order chi connectivity index (χ0) is 22.7. The number of thiazole rings is 1. The molecule has 0 unspecified atom stereocenters. The molecule has 9 nitrogen and oxygen atoms in total. The van der Waals surface area contributed by atoms with E-state index < -0.39 is 22.1 Å². The minimum absolute atomic E-state index is 0.0398. The largest absolute Gasteiger partial charge is 0.480 e. The molecule has 2 rings (SSSR count). The highest BCUT2D eigenvalue weighted by atomic mass is 32.2. The SMILES string of the molecule is CC[C@@H](CC(C)(C)C)[C@@H](C(=O)O)N1CCN(Cc2csc(COS(C)(=O)=O)n2)C1=O. The Balaban J connectivity index is 2.07. The molecule has 1 N–H and O–H groups in total. The van der Waals surface area contributed by atoms with Crippen LogP contribution in [0.5, 0.6) is 0 Å². The van der Waals surface area contributed by atoms with Crippen LogP contribution >= 0.6 is 11.3 Å². The number of amides is 2. The maximum absolute atomic E-state index is 13.0. The molecule has 1 saturated heterocycles. The minimum Gasteiger partial charge on any atom is -0.480 e. The van der Waals surface area contributed by atoms with Crippen molar-refractivity contribution in [2.45, 2.75) is 59.7 Å². The topological polar surface area (TPSA) is 117 Å². The van der Waals surface area contributed by atoms with Gasteiger partial charge in [-0.15, -0.1) is 11.3 Å². The third-order valence-electron chi connectivity index (χ3n) is 4.91. The van der Waals surface area contributed by atoms with E-state index in [1.165, 1.54) is 16.2 Å². The van der Waals surface area contributed by atoms with Gasteiger partial charge in [-0.1, -0.05) is 34.1 Å².